The first-order chi connectivity index (χ1) is 9.36. The number of aromatic nitrogens is 1. The highest BCUT2D eigenvalue weighted by molar-refractivity contribution is 9.10. The molecule has 2 heterocycles. The third kappa shape index (κ3) is 2.98. The van der Waals surface area contributed by atoms with Crippen molar-refractivity contribution in [3.05, 3.63) is 16.7 Å². The van der Waals surface area contributed by atoms with E-state index in [0.29, 0.717) is 29.4 Å². The van der Waals surface area contributed by atoms with Crippen molar-refractivity contribution in [1.82, 2.24) is 9.29 Å². The number of sulfonamides is 1. The Kier molecular flexibility index (Phi) is 4.68. The van der Waals surface area contributed by atoms with Crippen LogP contribution < -0.4 is 11.3 Å². The van der Waals surface area contributed by atoms with Gasteiger partial charge in [0.05, 0.1) is 0 Å². The van der Waals surface area contributed by atoms with Gasteiger partial charge in [-0.15, -0.1) is 0 Å². The van der Waals surface area contributed by atoms with Crippen molar-refractivity contribution in [3.8, 4) is 0 Å². The summed E-state index contributed by atoms with van der Waals surface area (Å²) in [6, 6.07) is 1.53. The van der Waals surface area contributed by atoms with Crippen molar-refractivity contribution >= 4 is 31.8 Å². The summed E-state index contributed by atoms with van der Waals surface area (Å²) in [6.45, 7) is 5.33. The van der Waals surface area contributed by atoms with Crippen molar-refractivity contribution in [3.63, 3.8) is 0 Å². The topological polar surface area (TPSA) is 88.3 Å². The maximum atomic E-state index is 12.7. The van der Waals surface area contributed by atoms with E-state index in [1.54, 1.807) is 0 Å². The number of nitrogens with one attached hydrogen (secondary N) is 1. The molecule has 1 aromatic heterocycles. The molecule has 8 heteroatoms. The molecular formula is C12H19BrN4O2S. The minimum atomic E-state index is -3.57. The molecule has 112 valence electrons. The number of hydrogen-bond acceptors (Lipinski definition) is 5. The maximum absolute atomic E-state index is 12.7. The van der Waals surface area contributed by atoms with Crippen LogP contribution in [0.5, 0.6) is 0 Å². The average Bonchev–Trinajstić information content (AvgIpc) is 2.89. The van der Waals surface area contributed by atoms with E-state index >= 15 is 0 Å². The van der Waals surface area contributed by atoms with Crippen LogP contribution in [0.25, 0.3) is 0 Å². The molecule has 3 N–H and O–H groups in total. The van der Waals surface area contributed by atoms with Crippen LogP contribution in [-0.2, 0) is 10.0 Å². The van der Waals surface area contributed by atoms with Crippen LogP contribution in [0, 0.1) is 11.8 Å². The van der Waals surface area contributed by atoms with Crippen LogP contribution in [0.2, 0.25) is 0 Å². The summed E-state index contributed by atoms with van der Waals surface area (Å²) in [4.78, 5) is 4.11. The van der Waals surface area contributed by atoms with Gasteiger partial charge in [0, 0.05) is 23.8 Å². The van der Waals surface area contributed by atoms with Crippen LogP contribution in [0.4, 0.5) is 5.82 Å². The summed E-state index contributed by atoms with van der Waals surface area (Å²) in [5.41, 5.74) is 2.35. The first-order valence-electron chi connectivity index (χ1n) is 6.48. The molecule has 1 atom stereocenters. The van der Waals surface area contributed by atoms with Gasteiger partial charge in [-0.25, -0.2) is 19.2 Å². The number of nitrogens with two attached hydrogens (primary N) is 1. The summed E-state index contributed by atoms with van der Waals surface area (Å²) in [6.07, 6.45) is 2.40. The Bertz CT molecular complexity index is 591. The van der Waals surface area contributed by atoms with Crippen LogP contribution in [0.3, 0.4) is 0 Å². The number of pyridine rings is 1. The number of halogens is 1. The van der Waals surface area contributed by atoms with E-state index in [-0.39, 0.29) is 10.7 Å². The van der Waals surface area contributed by atoms with Gasteiger partial charge in [-0.2, -0.15) is 4.31 Å². The Morgan fingerprint density at radius 1 is 1.55 bits per heavy atom. The molecule has 1 aliphatic heterocycles. The molecule has 20 heavy (non-hydrogen) atoms. The predicted octanol–water partition coefficient (Wildman–Crippen LogP) is 1.80. The summed E-state index contributed by atoms with van der Waals surface area (Å²) >= 11 is 3.25. The third-order valence-corrected chi connectivity index (χ3v) is 6.02. The van der Waals surface area contributed by atoms with Crippen molar-refractivity contribution in [2.24, 2.45) is 17.7 Å². The SMILES string of the molecule is CC(C)C1CCN(S(=O)(=O)c2cc(Br)cnc2NN)C1. The highest BCUT2D eigenvalue weighted by atomic mass is 79.9. The van der Waals surface area contributed by atoms with Crippen LogP contribution in [0.1, 0.15) is 20.3 Å². The molecule has 1 aromatic rings. The van der Waals surface area contributed by atoms with E-state index in [0.717, 1.165) is 6.42 Å². The smallest absolute Gasteiger partial charge is 0.246 e. The van der Waals surface area contributed by atoms with Gasteiger partial charge in [0.25, 0.3) is 0 Å². The zero-order chi connectivity index (χ0) is 14.9. The number of anilines is 1. The van der Waals surface area contributed by atoms with E-state index in [9.17, 15) is 8.42 Å². The lowest BCUT2D eigenvalue weighted by molar-refractivity contribution is 0.388. The lowest BCUT2D eigenvalue weighted by Crippen LogP contribution is -2.30. The van der Waals surface area contributed by atoms with Gasteiger partial charge in [-0.1, -0.05) is 13.8 Å². The van der Waals surface area contributed by atoms with Gasteiger partial charge in [0.15, 0.2) is 5.82 Å². The number of nitrogen functional groups attached to an aromatic ring is 1. The number of hydrogen-bond donors (Lipinski definition) is 2. The summed E-state index contributed by atoms with van der Waals surface area (Å²) in [5.74, 6) is 6.41. The number of hydrazine groups is 1. The van der Waals surface area contributed by atoms with Crippen molar-refractivity contribution in [2.75, 3.05) is 18.5 Å². The third-order valence-electron chi connectivity index (χ3n) is 3.70. The summed E-state index contributed by atoms with van der Waals surface area (Å²) in [5, 5.41) is 0. The Morgan fingerprint density at radius 3 is 2.80 bits per heavy atom. The van der Waals surface area contributed by atoms with Crippen LogP contribution >= 0.6 is 15.9 Å². The minimum Gasteiger partial charge on any atom is -0.307 e. The molecule has 0 saturated carbocycles. The molecule has 0 aliphatic carbocycles. The Labute approximate surface area is 127 Å². The Hall–Kier alpha value is -0.700. The molecular weight excluding hydrogens is 344 g/mol. The molecule has 2 rings (SSSR count). The standard InChI is InChI=1S/C12H19BrN4O2S/c1-8(2)9-3-4-17(7-9)20(18,19)11-5-10(13)6-15-12(11)16-14/h5-6,8-9H,3-4,7,14H2,1-2H3,(H,15,16). The fourth-order valence-electron chi connectivity index (χ4n) is 2.38. The summed E-state index contributed by atoms with van der Waals surface area (Å²) < 4.78 is 27.5. The molecule has 0 bridgehead atoms. The molecule has 1 unspecified atom stereocenters. The molecule has 0 spiro atoms. The first kappa shape index (κ1) is 15.7. The van der Waals surface area contributed by atoms with Crippen molar-refractivity contribution in [1.29, 1.82) is 0 Å². The largest absolute Gasteiger partial charge is 0.307 e. The minimum absolute atomic E-state index is 0.110. The lowest BCUT2D eigenvalue weighted by Gasteiger charge is -2.19. The van der Waals surface area contributed by atoms with Gasteiger partial charge in [0.2, 0.25) is 10.0 Å². The molecule has 1 fully saturated rings. The zero-order valence-electron chi connectivity index (χ0n) is 11.5. The van der Waals surface area contributed by atoms with Gasteiger partial charge < -0.3 is 5.43 Å². The fraction of sp³-hybridized carbons (Fsp3) is 0.583. The number of nitrogens with zero attached hydrogens (tertiary/aromatic N) is 2. The van der Waals surface area contributed by atoms with Crippen LogP contribution in [-0.4, -0.2) is 30.8 Å². The normalized spacial score (nSPS) is 20.6. The molecule has 1 saturated heterocycles. The molecule has 1 aliphatic rings. The van der Waals surface area contributed by atoms with Gasteiger partial charge in [0.1, 0.15) is 4.90 Å². The van der Waals surface area contributed by atoms with Crippen molar-refractivity contribution in [2.45, 2.75) is 25.2 Å². The van der Waals surface area contributed by atoms with Gasteiger partial charge in [-0.05, 0) is 40.3 Å². The zero-order valence-corrected chi connectivity index (χ0v) is 13.9. The lowest BCUT2D eigenvalue weighted by atomic mass is 9.96. The van der Waals surface area contributed by atoms with Crippen LogP contribution in [0.15, 0.2) is 21.6 Å². The van der Waals surface area contributed by atoms with E-state index in [1.165, 1.54) is 16.6 Å². The highest BCUT2D eigenvalue weighted by Crippen LogP contribution is 2.31. The average molecular weight is 363 g/mol. The molecule has 6 nitrogen and oxygen atoms in total. The Balaban J connectivity index is 2.34. The molecule has 0 amide bonds. The quantitative estimate of drug-likeness (QED) is 0.629. The predicted molar refractivity (Wildman–Crippen MR) is 81.5 cm³/mol. The molecule has 0 radical (unpaired) electrons. The maximum Gasteiger partial charge on any atom is 0.246 e. The second-order valence-corrected chi connectivity index (χ2v) is 8.12. The fourth-order valence-corrected chi connectivity index (χ4v) is 4.51. The van der Waals surface area contributed by atoms with E-state index in [4.69, 9.17) is 5.84 Å². The second kappa shape index (κ2) is 5.97. The Morgan fingerprint density at radius 2 is 2.25 bits per heavy atom. The summed E-state index contributed by atoms with van der Waals surface area (Å²) in [7, 11) is -3.57. The van der Waals surface area contributed by atoms with E-state index in [1.807, 2.05) is 0 Å². The van der Waals surface area contributed by atoms with Gasteiger partial charge in [-0.3, -0.25) is 0 Å². The first-order valence-corrected chi connectivity index (χ1v) is 8.72. The van der Waals surface area contributed by atoms with E-state index in [2.05, 4.69) is 40.2 Å². The highest BCUT2D eigenvalue weighted by Gasteiger charge is 2.35. The van der Waals surface area contributed by atoms with E-state index < -0.39 is 10.0 Å². The monoisotopic (exact) mass is 362 g/mol. The number of rotatable bonds is 4. The second-order valence-electron chi connectivity index (χ2n) is 5.30. The van der Waals surface area contributed by atoms with Crippen molar-refractivity contribution < 1.29 is 8.42 Å². The molecule has 0 aromatic carbocycles. The van der Waals surface area contributed by atoms with Gasteiger partial charge >= 0.3 is 0 Å².